The summed E-state index contributed by atoms with van der Waals surface area (Å²) in [5, 5.41) is 9.85. The third-order valence-electron chi connectivity index (χ3n) is 10.6. The Morgan fingerprint density at radius 2 is 1.08 bits per heavy atom. The molecule has 0 unspecified atom stereocenters. The molecule has 2 nitrogen and oxygen atoms in total. The fraction of sp³-hybridized carbons (Fsp3) is 0.545. The predicted octanol–water partition coefficient (Wildman–Crippen LogP) is 13.9. The molecular weight excluding hydrogens is 726 g/mol. The van der Waals surface area contributed by atoms with Gasteiger partial charge in [0, 0.05) is 11.8 Å². The van der Waals surface area contributed by atoms with Crippen LogP contribution in [0.15, 0.2) is 77.8 Å². The normalized spacial score (nSPS) is 18.3. The summed E-state index contributed by atoms with van der Waals surface area (Å²) in [5.41, 5.74) is 9.06. The minimum absolute atomic E-state index is 0.0765. The first-order valence-corrected chi connectivity index (χ1v) is 24.0. The van der Waals surface area contributed by atoms with E-state index in [1.54, 1.807) is 89.3 Å². The fourth-order valence-electron chi connectivity index (χ4n) is 7.99. The number of para-hydroxylation sites is 2. The van der Waals surface area contributed by atoms with Gasteiger partial charge in [0.1, 0.15) is 5.75 Å². The summed E-state index contributed by atoms with van der Waals surface area (Å²) in [4.78, 5) is 4.69. The summed E-state index contributed by atoms with van der Waals surface area (Å²) in [5.74, 6) is 1.09. The molecule has 3 aromatic rings. The molecule has 269 valence electrons. The fourth-order valence-corrected chi connectivity index (χ4v) is 13.7. The third-order valence-corrected chi connectivity index (χ3v) is 15.9. The Morgan fingerprint density at radius 1 is 0.633 bits per heavy atom. The SMILES string of the molecule is C1CCC(P(C2CCCCC2)C2CCCCC2)CC1.CC(C)c1cccc(C(C)C)c1N=Cc1ccccc1O.[Cl][Ru]=[CH]c1ccccc1. The zero-order chi connectivity index (χ0) is 34.8. The van der Waals surface area contributed by atoms with Gasteiger partial charge >= 0.3 is 65.9 Å². The molecule has 3 aliphatic rings. The van der Waals surface area contributed by atoms with Gasteiger partial charge in [-0.3, -0.25) is 4.99 Å². The van der Waals surface area contributed by atoms with E-state index in [0.29, 0.717) is 19.8 Å². The average Bonchev–Trinajstić information content (AvgIpc) is 3.14. The standard InChI is InChI=1S/C19H23NO.C18H33P.C7H6.ClH.Ru/c1-13(2)16-9-7-10-17(14(3)4)19(16)20-12-15-8-5-6-11-18(15)21;1-4-10-16(11-5-1)19(17-12-6-2-7-13-17)18-14-8-3-9-15-18;1-7-5-3-2-4-6-7;;/h5-14,21H,1-4H3;16-18H,1-15H2;1-6H;1H;/q;;;;+1/p-1. The van der Waals surface area contributed by atoms with Crippen LogP contribution in [0, 0.1) is 0 Å². The van der Waals surface area contributed by atoms with Gasteiger partial charge in [-0.1, -0.05) is 124 Å². The molecule has 3 aromatic carbocycles. The zero-order valence-corrected chi connectivity index (χ0v) is 34.0. The first-order valence-electron chi connectivity index (χ1n) is 19.2. The van der Waals surface area contributed by atoms with Crippen molar-refractivity contribution in [2.24, 2.45) is 4.99 Å². The van der Waals surface area contributed by atoms with Gasteiger partial charge in [0.25, 0.3) is 0 Å². The van der Waals surface area contributed by atoms with Crippen molar-refractivity contribution in [3.05, 3.63) is 95.1 Å². The first-order chi connectivity index (χ1) is 23.9. The second-order valence-electron chi connectivity index (χ2n) is 14.8. The van der Waals surface area contributed by atoms with E-state index in [0.717, 1.165) is 11.3 Å². The Kier molecular flexibility index (Phi) is 18.3. The van der Waals surface area contributed by atoms with Gasteiger partial charge in [-0.25, -0.2) is 0 Å². The van der Waals surface area contributed by atoms with Crippen LogP contribution in [0.25, 0.3) is 0 Å². The summed E-state index contributed by atoms with van der Waals surface area (Å²) in [6.45, 7) is 8.72. The van der Waals surface area contributed by atoms with Crippen molar-refractivity contribution in [1.82, 2.24) is 0 Å². The van der Waals surface area contributed by atoms with Crippen LogP contribution in [0.4, 0.5) is 5.69 Å². The van der Waals surface area contributed by atoms with Crippen LogP contribution in [-0.4, -0.2) is 32.9 Å². The van der Waals surface area contributed by atoms with E-state index in [1.165, 1.54) is 52.9 Å². The summed E-state index contributed by atoms with van der Waals surface area (Å²) >= 11 is -0.0765. The Labute approximate surface area is 311 Å². The van der Waals surface area contributed by atoms with Crippen molar-refractivity contribution in [3.8, 4) is 5.75 Å². The van der Waals surface area contributed by atoms with Crippen LogP contribution in [0.1, 0.15) is 158 Å². The number of benzene rings is 3. The number of hydrogen-bond acceptors (Lipinski definition) is 2. The second kappa shape index (κ2) is 22.3. The second-order valence-corrected chi connectivity index (χ2v) is 19.7. The van der Waals surface area contributed by atoms with E-state index in [4.69, 9.17) is 14.7 Å². The molecule has 0 aliphatic heterocycles. The van der Waals surface area contributed by atoms with Crippen molar-refractivity contribution in [3.63, 3.8) is 0 Å². The van der Waals surface area contributed by atoms with Crippen LogP contribution in [0.3, 0.4) is 0 Å². The number of halogens is 1. The van der Waals surface area contributed by atoms with E-state index in [9.17, 15) is 5.11 Å². The van der Waals surface area contributed by atoms with Crippen molar-refractivity contribution < 1.29 is 20.8 Å². The van der Waals surface area contributed by atoms with Gasteiger partial charge in [0.05, 0.1) is 5.69 Å². The number of nitrogens with zero attached hydrogens (tertiary/aromatic N) is 1. The topological polar surface area (TPSA) is 32.6 Å². The maximum atomic E-state index is 9.85. The van der Waals surface area contributed by atoms with E-state index >= 15 is 0 Å². The van der Waals surface area contributed by atoms with Gasteiger partial charge in [-0.2, -0.15) is 0 Å². The van der Waals surface area contributed by atoms with E-state index in [1.807, 2.05) is 36.4 Å². The predicted molar refractivity (Wildman–Crippen MR) is 215 cm³/mol. The van der Waals surface area contributed by atoms with Crippen LogP contribution in [-0.2, 0) is 15.7 Å². The van der Waals surface area contributed by atoms with E-state index in [-0.39, 0.29) is 21.4 Å². The number of aromatic hydroxyl groups is 1. The molecule has 0 saturated heterocycles. The summed E-state index contributed by atoms with van der Waals surface area (Å²) in [7, 11) is 5.96. The molecule has 3 fully saturated rings. The molecule has 0 aromatic heterocycles. The molecule has 1 N–H and O–H groups in total. The number of aliphatic imine (C=N–C) groups is 1. The van der Waals surface area contributed by atoms with Gasteiger partial charge < -0.3 is 5.11 Å². The van der Waals surface area contributed by atoms with Gasteiger partial charge in [-0.05, 0) is 90.6 Å². The van der Waals surface area contributed by atoms with Crippen LogP contribution < -0.4 is 0 Å². The van der Waals surface area contributed by atoms with Crippen LogP contribution in [0.5, 0.6) is 5.75 Å². The van der Waals surface area contributed by atoms with Crippen molar-refractivity contribution in [2.45, 2.75) is 153 Å². The minimum atomic E-state index is -0.0765. The Hall–Kier alpha value is -1.66. The van der Waals surface area contributed by atoms with E-state index in [2.05, 4.69) is 62.6 Å². The number of rotatable bonds is 8. The monoisotopic (exact) mass is 788 g/mol. The molecule has 3 aliphatic carbocycles. The summed E-state index contributed by atoms with van der Waals surface area (Å²) < 4.78 is 2.06. The zero-order valence-electron chi connectivity index (χ0n) is 30.6. The Bertz CT molecular complexity index is 1340. The number of phenolic OH excluding ortho intramolecular Hbond substituents is 1. The van der Waals surface area contributed by atoms with Gasteiger partial charge in [-0.15, -0.1) is 0 Å². The molecule has 0 atom stereocenters. The summed E-state index contributed by atoms with van der Waals surface area (Å²) in [6.07, 6.45) is 25.4. The molecule has 49 heavy (non-hydrogen) atoms. The maximum absolute atomic E-state index is 9.85. The number of phenols is 1. The van der Waals surface area contributed by atoms with Gasteiger partial charge in [0.2, 0.25) is 0 Å². The third kappa shape index (κ3) is 13.1. The molecule has 0 radical (unpaired) electrons. The van der Waals surface area contributed by atoms with Crippen molar-refractivity contribution >= 4 is 34.1 Å². The molecule has 0 heterocycles. The van der Waals surface area contributed by atoms with Crippen molar-refractivity contribution in [1.29, 1.82) is 0 Å². The quantitative estimate of drug-likeness (QED) is 0.138. The van der Waals surface area contributed by atoms with E-state index < -0.39 is 0 Å². The molecule has 0 amide bonds. The molecule has 0 spiro atoms. The molecule has 3 saturated carbocycles. The molecule has 0 bridgehead atoms. The molecule has 6 rings (SSSR count). The average molecular weight is 788 g/mol. The number of hydrogen-bond donors (Lipinski definition) is 1. The Morgan fingerprint density at radius 3 is 1.51 bits per heavy atom. The van der Waals surface area contributed by atoms with Gasteiger partial charge in [0.15, 0.2) is 0 Å². The Balaban J connectivity index is 0.000000178. The molecular formula is C44H62ClNOPRu. The first kappa shape index (κ1) is 40.1. The summed E-state index contributed by atoms with van der Waals surface area (Å²) in [6, 6.07) is 23.8. The van der Waals surface area contributed by atoms with Crippen molar-refractivity contribution in [2.75, 3.05) is 0 Å². The van der Waals surface area contributed by atoms with Crippen LogP contribution in [0.2, 0.25) is 0 Å². The molecule has 5 heteroatoms. The van der Waals surface area contributed by atoms with Crippen LogP contribution >= 0.6 is 17.6 Å².